The zero-order valence-corrected chi connectivity index (χ0v) is 9.44. The molecule has 0 spiro atoms. The first-order chi connectivity index (χ1) is 7.72. The fourth-order valence-corrected chi connectivity index (χ4v) is 1.85. The molecule has 1 atom stereocenters. The van der Waals surface area contributed by atoms with Gasteiger partial charge in [0.05, 0.1) is 17.9 Å². The van der Waals surface area contributed by atoms with E-state index in [1.54, 1.807) is 0 Å². The Morgan fingerprint density at radius 1 is 1.50 bits per heavy atom. The van der Waals surface area contributed by atoms with Crippen molar-refractivity contribution >= 4 is 17.3 Å². The number of nitrogens with zero attached hydrogens (tertiary/aromatic N) is 1. The van der Waals surface area contributed by atoms with Crippen molar-refractivity contribution in [2.45, 2.75) is 6.92 Å². The third-order valence-corrected chi connectivity index (χ3v) is 2.82. The number of hydrogen-bond acceptors (Lipinski definition) is 3. The van der Waals surface area contributed by atoms with Crippen LogP contribution in [0.3, 0.4) is 0 Å². The van der Waals surface area contributed by atoms with Crippen LogP contribution in [0.1, 0.15) is 6.92 Å². The molecule has 2 rings (SSSR count). The van der Waals surface area contributed by atoms with Crippen LogP contribution >= 0.6 is 0 Å². The molecule has 1 heterocycles. The van der Waals surface area contributed by atoms with Crippen molar-refractivity contribution in [3.05, 3.63) is 24.3 Å². The van der Waals surface area contributed by atoms with Crippen LogP contribution in [0.4, 0.5) is 11.4 Å². The van der Waals surface area contributed by atoms with Gasteiger partial charge in [0.2, 0.25) is 5.91 Å². The van der Waals surface area contributed by atoms with Gasteiger partial charge in [-0.3, -0.25) is 4.79 Å². The van der Waals surface area contributed by atoms with Crippen LogP contribution in [0.5, 0.6) is 0 Å². The van der Waals surface area contributed by atoms with Gasteiger partial charge in [-0.1, -0.05) is 19.1 Å². The largest absolute Gasteiger partial charge is 0.374 e. The molecule has 0 saturated carbocycles. The monoisotopic (exact) mass is 219 g/mol. The van der Waals surface area contributed by atoms with Gasteiger partial charge in [0, 0.05) is 6.54 Å². The molecule has 4 heteroatoms. The molecule has 1 aliphatic rings. The van der Waals surface area contributed by atoms with Gasteiger partial charge in [0.1, 0.15) is 0 Å². The highest BCUT2D eigenvalue weighted by atomic mass is 16.2. The maximum atomic E-state index is 11.8. The summed E-state index contributed by atoms with van der Waals surface area (Å²) in [5, 5.41) is 3.11. The minimum absolute atomic E-state index is 0.110. The number of nitrogens with one attached hydrogen (secondary N) is 1. The van der Waals surface area contributed by atoms with Crippen LogP contribution in [0, 0.1) is 5.92 Å². The van der Waals surface area contributed by atoms with E-state index in [1.165, 1.54) is 0 Å². The zero-order chi connectivity index (χ0) is 11.5. The molecule has 1 unspecified atom stereocenters. The summed E-state index contributed by atoms with van der Waals surface area (Å²) in [7, 11) is 0. The summed E-state index contributed by atoms with van der Waals surface area (Å²) in [6.45, 7) is 3.71. The van der Waals surface area contributed by atoms with Gasteiger partial charge in [-0.15, -0.1) is 0 Å². The Balaban J connectivity index is 2.26. The molecule has 1 aromatic rings. The fourth-order valence-electron chi connectivity index (χ4n) is 1.85. The smallest absolute Gasteiger partial charge is 0.246 e. The van der Waals surface area contributed by atoms with Crippen molar-refractivity contribution in [1.29, 1.82) is 0 Å². The van der Waals surface area contributed by atoms with Crippen molar-refractivity contribution in [2.24, 2.45) is 11.7 Å². The van der Waals surface area contributed by atoms with Crippen LogP contribution < -0.4 is 16.0 Å². The van der Waals surface area contributed by atoms with E-state index in [2.05, 4.69) is 12.2 Å². The fraction of sp³-hybridized carbons (Fsp3) is 0.417. The molecule has 3 N–H and O–H groups in total. The third-order valence-electron chi connectivity index (χ3n) is 2.82. The summed E-state index contributed by atoms with van der Waals surface area (Å²) in [5.41, 5.74) is 7.58. The molecule has 0 radical (unpaired) electrons. The number of amides is 1. The number of carbonyl (C=O) groups is 1. The van der Waals surface area contributed by atoms with Gasteiger partial charge in [0.15, 0.2) is 0 Å². The molecule has 4 nitrogen and oxygen atoms in total. The van der Waals surface area contributed by atoms with Crippen molar-refractivity contribution in [1.82, 2.24) is 0 Å². The molecule has 86 valence electrons. The second kappa shape index (κ2) is 4.53. The lowest BCUT2D eigenvalue weighted by atomic mass is 10.1. The molecule has 0 fully saturated rings. The van der Waals surface area contributed by atoms with Crippen molar-refractivity contribution < 1.29 is 4.79 Å². The van der Waals surface area contributed by atoms with Gasteiger partial charge < -0.3 is 16.0 Å². The zero-order valence-electron chi connectivity index (χ0n) is 9.44. The van der Waals surface area contributed by atoms with Crippen LogP contribution in [-0.2, 0) is 4.79 Å². The Kier molecular flexibility index (Phi) is 3.10. The quantitative estimate of drug-likeness (QED) is 0.798. The number of nitrogens with two attached hydrogens (primary N) is 1. The predicted octanol–water partition coefficient (Wildman–Crippen LogP) is 1.04. The molecule has 0 saturated heterocycles. The lowest BCUT2D eigenvalue weighted by Crippen LogP contribution is -2.43. The number of fused-ring (bicyclic) bond motifs is 1. The number of anilines is 2. The minimum atomic E-state index is 0.110. The van der Waals surface area contributed by atoms with Crippen LogP contribution in [-0.4, -0.2) is 25.5 Å². The maximum absolute atomic E-state index is 11.8. The van der Waals surface area contributed by atoms with E-state index in [-0.39, 0.29) is 5.91 Å². The van der Waals surface area contributed by atoms with Crippen LogP contribution in [0.15, 0.2) is 24.3 Å². The normalized spacial score (nSPS) is 16.6. The number of para-hydroxylation sites is 2. The second-order valence-corrected chi connectivity index (χ2v) is 4.22. The van der Waals surface area contributed by atoms with Gasteiger partial charge >= 0.3 is 0 Å². The van der Waals surface area contributed by atoms with Crippen molar-refractivity contribution in [3.63, 3.8) is 0 Å². The first kappa shape index (κ1) is 11.0. The average Bonchev–Trinajstić information content (AvgIpc) is 2.32. The summed E-state index contributed by atoms with van der Waals surface area (Å²) in [4.78, 5) is 13.7. The SMILES string of the molecule is CC(CN)CN1C(=O)CNc2ccccc21. The topological polar surface area (TPSA) is 58.4 Å². The third kappa shape index (κ3) is 2.02. The van der Waals surface area contributed by atoms with E-state index >= 15 is 0 Å². The molecule has 0 aliphatic carbocycles. The molecule has 16 heavy (non-hydrogen) atoms. The molecule has 1 aliphatic heterocycles. The molecular weight excluding hydrogens is 202 g/mol. The number of carbonyl (C=O) groups excluding carboxylic acids is 1. The Bertz CT molecular complexity index is 392. The maximum Gasteiger partial charge on any atom is 0.246 e. The van der Waals surface area contributed by atoms with E-state index in [0.717, 1.165) is 11.4 Å². The Morgan fingerprint density at radius 3 is 3.00 bits per heavy atom. The van der Waals surface area contributed by atoms with Gasteiger partial charge in [0.25, 0.3) is 0 Å². The summed E-state index contributed by atoms with van der Waals surface area (Å²) in [6, 6.07) is 7.86. The van der Waals surface area contributed by atoms with E-state index in [0.29, 0.717) is 25.6 Å². The van der Waals surface area contributed by atoms with E-state index in [4.69, 9.17) is 5.73 Å². The summed E-state index contributed by atoms with van der Waals surface area (Å²) < 4.78 is 0. The van der Waals surface area contributed by atoms with Crippen molar-refractivity contribution in [2.75, 3.05) is 29.9 Å². The Hall–Kier alpha value is -1.55. The average molecular weight is 219 g/mol. The van der Waals surface area contributed by atoms with E-state index in [1.807, 2.05) is 29.2 Å². The number of benzene rings is 1. The van der Waals surface area contributed by atoms with E-state index in [9.17, 15) is 4.79 Å². The standard InChI is InChI=1S/C12H17N3O/c1-9(6-13)8-15-11-5-3-2-4-10(11)14-7-12(15)16/h2-5,9,14H,6-8,13H2,1H3. The van der Waals surface area contributed by atoms with E-state index < -0.39 is 0 Å². The highest BCUT2D eigenvalue weighted by molar-refractivity contribution is 6.02. The molecule has 1 amide bonds. The lowest BCUT2D eigenvalue weighted by Gasteiger charge is -2.31. The predicted molar refractivity (Wildman–Crippen MR) is 65.5 cm³/mol. The summed E-state index contributed by atoms with van der Waals surface area (Å²) in [5.74, 6) is 0.425. The highest BCUT2D eigenvalue weighted by Gasteiger charge is 2.24. The minimum Gasteiger partial charge on any atom is -0.374 e. The van der Waals surface area contributed by atoms with Crippen molar-refractivity contribution in [3.8, 4) is 0 Å². The summed E-state index contributed by atoms with van der Waals surface area (Å²) in [6.07, 6.45) is 0. The Labute approximate surface area is 95.4 Å². The van der Waals surface area contributed by atoms with Crippen LogP contribution in [0.25, 0.3) is 0 Å². The Morgan fingerprint density at radius 2 is 2.25 bits per heavy atom. The molecule has 0 bridgehead atoms. The van der Waals surface area contributed by atoms with Gasteiger partial charge in [-0.25, -0.2) is 0 Å². The first-order valence-electron chi connectivity index (χ1n) is 5.55. The van der Waals surface area contributed by atoms with Crippen LogP contribution in [0.2, 0.25) is 0 Å². The first-order valence-corrected chi connectivity index (χ1v) is 5.55. The molecule has 1 aromatic carbocycles. The molecular formula is C12H17N3O. The highest BCUT2D eigenvalue weighted by Crippen LogP contribution is 2.29. The van der Waals surface area contributed by atoms with Gasteiger partial charge in [-0.05, 0) is 24.6 Å². The second-order valence-electron chi connectivity index (χ2n) is 4.22. The summed E-state index contributed by atoms with van der Waals surface area (Å²) >= 11 is 0. The lowest BCUT2D eigenvalue weighted by molar-refractivity contribution is -0.117. The number of hydrogen-bond donors (Lipinski definition) is 2. The van der Waals surface area contributed by atoms with Gasteiger partial charge in [-0.2, -0.15) is 0 Å². The molecule has 0 aromatic heterocycles. The number of rotatable bonds is 3.